The molecule has 11 nitrogen and oxygen atoms in total. The highest BCUT2D eigenvalue weighted by Gasteiger charge is 2.40. The summed E-state index contributed by atoms with van der Waals surface area (Å²) in [6, 6.07) is 0.0318. The molecule has 0 aromatic carbocycles. The Labute approximate surface area is 168 Å². The van der Waals surface area contributed by atoms with Crippen LogP contribution in [0.3, 0.4) is 0 Å². The standard InChI is InChI=1S/C16H28F2N10O/c1-15(2,3)9-29-14-21-12(27-6-5-16(17,18)8-27)11(19)13(22-14)28(20)7-10-23-24-25-26(10)4/h10H,5-9,19-20H2,1-4H3,(H,23,25). The molecule has 29 heavy (non-hydrogen) atoms. The third kappa shape index (κ3) is 5.09. The molecule has 3 rings (SSSR count). The molecule has 2 aliphatic heterocycles. The highest BCUT2D eigenvalue weighted by atomic mass is 19.3. The van der Waals surface area contributed by atoms with Crippen molar-refractivity contribution < 1.29 is 13.5 Å². The molecule has 162 valence electrons. The molecule has 2 aliphatic rings. The van der Waals surface area contributed by atoms with Gasteiger partial charge in [-0.3, -0.25) is 5.01 Å². The van der Waals surface area contributed by atoms with Crippen molar-refractivity contribution in [1.82, 2.24) is 20.5 Å². The molecule has 0 radical (unpaired) electrons. The van der Waals surface area contributed by atoms with Crippen LogP contribution >= 0.6 is 0 Å². The van der Waals surface area contributed by atoms with Gasteiger partial charge in [0.25, 0.3) is 5.92 Å². The lowest BCUT2D eigenvalue weighted by atomic mass is 9.99. The van der Waals surface area contributed by atoms with Gasteiger partial charge in [0, 0.05) is 20.0 Å². The first-order valence-corrected chi connectivity index (χ1v) is 9.29. The maximum atomic E-state index is 13.8. The maximum absolute atomic E-state index is 13.8. The van der Waals surface area contributed by atoms with Crippen molar-refractivity contribution in [1.29, 1.82) is 0 Å². The summed E-state index contributed by atoms with van der Waals surface area (Å²) in [5, 5.41) is 10.7. The summed E-state index contributed by atoms with van der Waals surface area (Å²) < 4.78 is 33.2. The number of ether oxygens (including phenoxy) is 1. The Morgan fingerprint density at radius 1 is 1.34 bits per heavy atom. The molecule has 0 amide bonds. The quantitative estimate of drug-likeness (QED) is 0.463. The van der Waals surface area contributed by atoms with Gasteiger partial charge in [0.2, 0.25) is 0 Å². The number of hydrazine groups is 2. The minimum absolute atomic E-state index is 0.0318. The van der Waals surface area contributed by atoms with E-state index in [9.17, 15) is 8.78 Å². The molecule has 0 aliphatic carbocycles. The summed E-state index contributed by atoms with van der Waals surface area (Å²) in [5.41, 5.74) is 8.89. The molecule has 1 saturated heterocycles. The van der Waals surface area contributed by atoms with Gasteiger partial charge < -0.3 is 15.4 Å². The summed E-state index contributed by atoms with van der Waals surface area (Å²) in [6.45, 7) is 6.19. The van der Waals surface area contributed by atoms with Crippen LogP contribution in [0, 0.1) is 5.41 Å². The van der Waals surface area contributed by atoms with Gasteiger partial charge in [-0.1, -0.05) is 26.0 Å². The lowest BCUT2D eigenvalue weighted by Crippen LogP contribution is -2.45. The number of rotatable bonds is 6. The van der Waals surface area contributed by atoms with Crippen LogP contribution in [0.15, 0.2) is 10.3 Å². The second kappa shape index (κ2) is 7.71. The Hall–Kier alpha value is -2.54. The van der Waals surface area contributed by atoms with Crippen molar-refractivity contribution in [3.05, 3.63) is 0 Å². The van der Waals surface area contributed by atoms with Gasteiger partial charge in [-0.25, -0.2) is 20.2 Å². The van der Waals surface area contributed by atoms with E-state index >= 15 is 0 Å². The normalized spacial score (nSPS) is 21.5. The smallest absolute Gasteiger partial charge is 0.320 e. The topological polar surface area (TPSA) is 134 Å². The van der Waals surface area contributed by atoms with Gasteiger partial charge >= 0.3 is 6.01 Å². The highest BCUT2D eigenvalue weighted by Crippen LogP contribution is 2.37. The molecule has 0 saturated carbocycles. The third-order valence-corrected chi connectivity index (χ3v) is 4.46. The number of hydrogen-bond acceptors (Lipinski definition) is 11. The number of aromatic nitrogens is 2. The first-order chi connectivity index (χ1) is 13.5. The molecule has 1 aromatic rings. The van der Waals surface area contributed by atoms with Crippen LogP contribution in [0.2, 0.25) is 0 Å². The monoisotopic (exact) mass is 414 g/mol. The minimum atomic E-state index is -2.80. The van der Waals surface area contributed by atoms with E-state index in [0.717, 1.165) is 0 Å². The summed E-state index contributed by atoms with van der Waals surface area (Å²) in [6.07, 6.45) is -0.636. The number of nitrogens with one attached hydrogen (secondary N) is 1. The lowest BCUT2D eigenvalue weighted by Gasteiger charge is -2.27. The van der Waals surface area contributed by atoms with Crippen molar-refractivity contribution in [3.8, 4) is 6.01 Å². The number of nitrogen functional groups attached to an aromatic ring is 1. The first-order valence-electron chi connectivity index (χ1n) is 9.29. The largest absolute Gasteiger partial charge is 0.463 e. The van der Waals surface area contributed by atoms with Crippen LogP contribution in [-0.4, -0.2) is 60.4 Å². The van der Waals surface area contributed by atoms with Gasteiger partial charge in [0.1, 0.15) is 5.69 Å². The van der Waals surface area contributed by atoms with Gasteiger partial charge in [-0.05, 0) is 5.41 Å². The lowest BCUT2D eigenvalue weighted by molar-refractivity contribution is 0.0256. The molecule has 1 atom stereocenters. The fourth-order valence-corrected chi connectivity index (χ4v) is 2.88. The van der Waals surface area contributed by atoms with Crippen LogP contribution < -0.4 is 31.8 Å². The van der Waals surface area contributed by atoms with Gasteiger partial charge in [-0.15, -0.1) is 5.11 Å². The zero-order valence-electron chi connectivity index (χ0n) is 17.1. The van der Waals surface area contributed by atoms with Crippen molar-refractivity contribution in [2.24, 2.45) is 21.6 Å². The van der Waals surface area contributed by atoms with Crippen molar-refractivity contribution in [2.75, 3.05) is 48.9 Å². The van der Waals surface area contributed by atoms with E-state index in [1.54, 1.807) is 12.1 Å². The van der Waals surface area contributed by atoms with Crippen molar-refractivity contribution >= 4 is 17.3 Å². The van der Waals surface area contributed by atoms with Gasteiger partial charge in [0.15, 0.2) is 17.8 Å². The molecule has 1 unspecified atom stereocenters. The number of likely N-dealkylation sites (N-methyl/N-ethyl adjacent to an activating group) is 1. The highest BCUT2D eigenvalue weighted by molar-refractivity contribution is 5.76. The SMILES string of the molecule is CN1NN=NC1CN(N)c1nc(OCC(C)(C)C)nc(N2CCC(F)(F)C2)c1N. The molecule has 1 fully saturated rings. The Balaban J connectivity index is 1.90. The van der Waals surface area contributed by atoms with Crippen LogP contribution in [-0.2, 0) is 0 Å². The fraction of sp³-hybridized carbons (Fsp3) is 0.750. The van der Waals surface area contributed by atoms with Crippen LogP contribution in [0.25, 0.3) is 0 Å². The average molecular weight is 414 g/mol. The predicted molar refractivity (Wildman–Crippen MR) is 104 cm³/mol. The van der Waals surface area contributed by atoms with Crippen LogP contribution in [0.4, 0.5) is 26.1 Å². The van der Waals surface area contributed by atoms with E-state index in [4.69, 9.17) is 16.3 Å². The molecular formula is C16H28F2N10O. The molecular weight excluding hydrogens is 386 g/mol. The van der Waals surface area contributed by atoms with E-state index in [0.29, 0.717) is 6.61 Å². The first kappa shape index (κ1) is 21.2. The summed E-state index contributed by atoms with van der Waals surface area (Å²) in [5.74, 6) is 3.76. The van der Waals surface area contributed by atoms with Crippen LogP contribution in [0.5, 0.6) is 6.01 Å². The molecule has 5 N–H and O–H groups in total. The maximum Gasteiger partial charge on any atom is 0.320 e. The molecule has 13 heteroatoms. The number of nitrogens with two attached hydrogens (primary N) is 2. The number of anilines is 3. The predicted octanol–water partition coefficient (Wildman–Crippen LogP) is 1.15. The van der Waals surface area contributed by atoms with Crippen LogP contribution in [0.1, 0.15) is 27.2 Å². The zero-order valence-corrected chi connectivity index (χ0v) is 17.1. The van der Waals surface area contributed by atoms with Gasteiger partial charge in [0.05, 0.1) is 19.7 Å². The number of halogens is 2. The second-order valence-electron chi connectivity index (χ2n) is 8.50. The molecule has 0 spiro atoms. The molecule has 1 aromatic heterocycles. The average Bonchev–Trinajstić information content (AvgIpc) is 3.18. The Bertz CT molecular complexity index is 769. The zero-order chi connectivity index (χ0) is 21.4. The van der Waals surface area contributed by atoms with E-state index in [1.807, 2.05) is 20.8 Å². The van der Waals surface area contributed by atoms with Crippen molar-refractivity contribution in [2.45, 2.75) is 39.3 Å². The molecule has 3 heterocycles. The van der Waals surface area contributed by atoms with Gasteiger partial charge in [-0.2, -0.15) is 15.0 Å². The fourth-order valence-electron chi connectivity index (χ4n) is 2.88. The summed E-state index contributed by atoms with van der Waals surface area (Å²) in [7, 11) is 1.76. The Kier molecular flexibility index (Phi) is 5.63. The Morgan fingerprint density at radius 2 is 2.07 bits per heavy atom. The summed E-state index contributed by atoms with van der Waals surface area (Å²) >= 11 is 0. The minimum Gasteiger partial charge on any atom is -0.463 e. The van der Waals surface area contributed by atoms with Crippen molar-refractivity contribution in [3.63, 3.8) is 0 Å². The third-order valence-electron chi connectivity index (χ3n) is 4.46. The molecule has 0 bridgehead atoms. The Morgan fingerprint density at radius 3 is 2.62 bits per heavy atom. The van der Waals surface area contributed by atoms with E-state index in [1.165, 1.54) is 9.91 Å². The number of hydrogen-bond donors (Lipinski definition) is 3. The number of alkyl halides is 2. The number of nitrogens with zero attached hydrogens (tertiary/aromatic N) is 7. The summed E-state index contributed by atoms with van der Waals surface area (Å²) in [4.78, 5) is 10.1. The van der Waals surface area contributed by atoms with E-state index < -0.39 is 12.5 Å². The second-order valence-corrected chi connectivity index (χ2v) is 8.50. The van der Waals surface area contributed by atoms with E-state index in [2.05, 4.69) is 25.8 Å². The van der Waals surface area contributed by atoms with E-state index in [-0.39, 0.29) is 54.4 Å².